The van der Waals surface area contributed by atoms with Crippen LogP contribution in [-0.4, -0.2) is 24.5 Å². The minimum atomic E-state index is 0.140. The van der Waals surface area contributed by atoms with Crippen molar-refractivity contribution in [2.75, 3.05) is 13.6 Å². The Kier molecular flexibility index (Phi) is 3.55. The van der Waals surface area contributed by atoms with Crippen molar-refractivity contribution < 1.29 is 0 Å². The zero-order valence-electron chi connectivity index (χ0n) is 11.5. The zero-order valence-corrected chi connectivity index (χ0v) is 11.5. The molecular weight excluding hydrogens is 208 g/mol. The van der Waals surface area contributed by atoms with Crippen LogP contribution in [0.4, 0.5) is 0 Å². The molecule has 94 valence electrons. The van der Waals surface area contributed by atoms with E-state index in [1.54, 1.807) is 0 Å². The number of nitrogens with two attached hydrogens (primary N) is 1. The maximum Gasteiger partial charge on any atom is 0.0429 e. The van der Waals surface area contributed by atoms with Crippen LogP contribution < -0.4 is 5.73 Å². The summed E-state index contributed by atoms with van der Waals surface area (Å²) in [6.45, 7) is 7.46. The molecule has 0 heterocycles. The van der Waals surface area contributed by atoms with Gasteiger partial charge in [-0.15, -0.1) is 0 Å². The van der Waals surface area contributed by atoms with Crippen LogP contribution in [0.25, 0.3) is 0 Å². The van der Waals surface area contributed by atoms with Gasteiger partial charge in [0.15, 0.2) is 0 Å². The van der Waals surface area contributed by atoms with Crippen molar-refractivity contribution in [1.29, 1.82) is 0 Å². The maximum atomic E-state index is 6.37. The van der Waals surface area contributed by atoms with Crippen molar-refractivity contribution in [2.45, 2.75) is 45.7 Å². The second kappa shape index (κ2) is 4.79. The molecule has 0 radical (unpaired) electrons. The van der Waals surface area contributed by atoms with E-state index >= 15 is 0 Å². The average molecular weight is 232 g/mol. The third-order valence-electron chi connectivity index (χ3n) is 3.76. The smallest absolute Gasteiger partial charge is 0.0429 e. The summed E-state index contributed by atoms with van der Waals surface area (Å²) in [5.74, 6) is 0. The Morgan fingerprint density at radius 1 is 1.24 bits per heavy atom. The van der Waals surface area contributed by atoms with Gasteiger partial charge in [0.05, 0.1) is 0 Å². The lowest BCUT2D eigenvalue weighted by molar-refractivity contribution is 0.302. The topological polar surface area (TPSA) is 29.3 Å². The Bertz CT molecular complexity index is 384. The summed E-state index contributed by atoms with van der Waals surface area (Å²) in [4.78, 5) is 2.41. The zero-order chi connectivity index (χ0) is 12.6. The first-order valence-corrected chi connectivity index (χ1v) is 6.52. The van der Waals surface area contributed by atoms with Crippen LogP contribution in [0.15, 0.2) is 12.1 Å². The van der Waals surface area contributed by atoms with Crippen molar-refractivity contribution in [1.82, 2.24) is 4.90 Å². The molecule has 1 fully saturated rings. The van der Waals surface area contributed by atoms with Gasteiger partial charge in [-0.3, -0.25) is 0 Å². The fraction of sp³-hybridized carbons (Fsp3) is 0.600. The van der Waals surface area contributed by atoms with Crippen molar-refractivity contribution in [2.24, 2.45) is 5.73 Å². The Hall–Kier alpha value is -0.860. The Morgan fingerprint density at radius 3 is 2.24 bits per heavy atom. The molecule has 2 nitrogen and oxygen atoms in total. The molecule has 0 aromatic heterocycles. The largest absolute Gasteiger partial charge is 0.323 e. The average Bonchev–Trinajstić information content (AvgIpc) is 2.97. The molecule has 1 unspecified atom stereocenters. The third-order valence-corrected chi connectivity index (χ3v) is 3.76. The molecule has 1 atom stereocenters. The van der Waals surface area contributed by atoms with Gasteiger partial charge < -0.3 is 10.6 Å². The summed E-state index contributed by atoms with van der Waals surface area (Å²) in [7, 11) is 2.19. The molecule has 0 aliphatic heterocycles. The molecule has 1 aliphatic carbocycles. The molecule has 1 aromatic rings. The number of rotatable bonds is 4. The first-order chi connectivity index (χ1) is 7.99. The van der Waals surface area contributed by atoms with Gasteiger partial charge in [0.25, 0.3) is 0 Å². The van der Waals surface area contributed by atoms with Gasteiger partial charge in [-0.05, 0) is 57.4 Å². The van der Waals surface area contributed by atoms with E-state index in [9.17, 15) is 0 Å². The van der Waals surface area contributed by atoms with Crippen molar-refractivity contribution >= 4 is 0 Å². The van der Waals surface area contributed by atoms with E-state index in [2.05, 4.69) is 44.9 Å². The van der Waals surface area contributed by atoms with Gasteiger partial charge in [0.1, 0.15) is 0 Å². The molecule has 0 saturated heterocycles. The first-order valence-electron chi connectivity index (χ1n) is 6.52. The molecule has 2 heteroatoms. The lowest BCUT2D eigenvalue weighted by atomic mass is 9.94. The number of hydrogen-bond donors (Lipinski definition) is 1. The molecule has 17 heavy (non-hydrogen) atoms. The Labute approximate surface area is 105 Å². The molecule has 1 saturated carbocycles. The molecule has 2 N–H and O–H groups in total. The van der Waals surface area contributed by atoms with E-state index in [0.29, 0.717) is 0 Å². The van der Waals surface area contributed by atoms with E-state index < -0.39 is 0 Å². The molecule has 1 aliphatic rings. The predicted molar refractivity (Wildman–Crippen MR) is 73.2 cm³/mol. The molecule has 1 aromatic carbocycles. The summed E-state index contributed by atoms with van der Waals surface area (Å²) in [5.41, 5.74) is 11.7. The van der Waals surface area contributed by atoms with E-state index in [-0.39, 0.29) is 6.04 Å². The normalized spacial score (nSPS) is 17.5. The summed E-state index contributed by atoms with van der Waals surface area (Å²) in [6, 6.07) is 5.40. The second-order valence-corrected chi connectivity index (χ2v) is 5.59. The molecule has 0 amide bonds. The summed E-state index contributed by atoms with van der Waals surface area (Å²) < 4.78 is 0. The van der Waals surface area contributed by atoms with Gasteiger partial charge in [0.2, 0.25) is 0 Å². The van der Waals surface area contributed by atoms with Crippen molar-refractivity contribution in [3.63, 3.8) is 0 Å². The van der Waals surface area contributed by atoms with Crippen LogP contribution in [0, 0.1) is 20.8 Å². The standard InChI is InChI=1S/C15H24N2/c1-10-7-11(2)15(12(3)8-10)14(16)9-17(4)13-5-6-13/h7-8,13-14H,5-6,9,16H2,1-4H3. The highest BCUT2D eigenvalue weighted by atomic mass is 15.2. The van der Waals surface area contributed by atoms with Crippen LogP contribution in [0.2, 0.25) is 0 Å². The number of benzene rings is 1. The number of nitrogens with zero attached hydrogens (tertiary/aromatic N) is 1. The number of likely N-dealkylation sites (N-methyl/N-ethyl adjacent to an activating group) is 1. The highest BCUT2D eigenvalue weighted by molar-refractivity contribution is 5.39. The van der Waals surface area contributed by atoms with Gasteiger partial charge in [-0.25, -0.2) is 0 Å². The molecule has 0 bridgehead atoms. The number of aryl methyl sites for hydroxylation is 3. The van der Waals surface area contributed by atoms with Crippen LogP contribution >= 0.6 is 0 Å². The Balaban J connectivity index is 2.15. The molecule has 2 rings (SSSR count). The van der Waals surface area contributed by atoms with Crippen LogP contribution in [0.1, 0.15) is 41.1 Å². The minimum absolute atomic E-state index is 0.140. The lowest BCUT2D eigenvalue weighted by Crippen LogP contribution is -2.31. The van der Waals surface area contributed by atoms with Crippen molar-refractivity contribution in [3.05, 3.63) is 34.4 Å². The fourth-order valence-electron chi connectivity index (χ4n) is 2.84. The fourth-order valence-corrected chi connectivity index (χ4v) is 2.84. The van der Waals surface area contributed by atoms with Gasteiger partial charge in [-0.2, -0.15) is 0 Å². The highest BCUT2D eigenvalue weighted by Crippen LogP contribution is 2.28. The summed E-state index contributed by atoms with van der Waals surface area (Å²) >= 11 is 0. The molecule has 0 spiro atoms. The minimum Gasteiger partial charge on any atom is -0.323 e. The van der Waals surface area contributed by atoms with Gasteiger partial charge in [-0.1, -0.05) is 17.7 Å². The monoisotopic (exact) mass is 232 g/mol. The third kappa shape index (κ3) is 2.88. The van der Waals surface area contributed by atoms with Crippen molar-refractivity contribution in [3.8, 4) is 0 Å². The summed E-state index contributed by atoms with van der Waals surface area (Å²) in [5, 5.41) is 0. The summed E-state index contributed by atoms with van der Waals surface area (Å²) in [6.07, 6.45) is 2.68. The van der Waals surface area contributed by atoms with E-state index in [0.717, 1.165) is 12.6 Å². The highest BCUT2D eigenvalue weighted by Gasteiger charge is 2.27. The van der Waals surface area contributed by atoms with E-state index in [4.69, 9.17) is 5.73 Å². The Morgan fingerprint density at radius 2 is 1.76 bits per heavy atom. The SMILES string of the molecule is Cc1cc(C)c(C(N)CN(C)C2CC2)c(C)c1. The van der Waals surface area contributed by atoms with Gasteiger partial charge in [0, 0.05) is 18.6 Å². The maximum absolute atomic E-state index is 6.37. The molecular formula is C15H24N2. The van der Waals surface area contributed by atoms with Crippen LogP contribution in [0.3, 0.4) is 0 Å². The second-order valence-electron chi connectivity index (χ2n) is 5.59. The van der Waals surface area contributed by atoms with Gasteiger partial charge >= 0.3 is 0 Å². The lowest BCUT2D eigenvalue weighted by Gasteiger charge is -2.24. The predicted octanol–water partition coefficient (Wildman–Crippen LogP) is 2.71. The van der Waals surface area contributed by atoms with E-state index in [1.807, 2.05) is 0 Å². The quantitative estimate of drug-likeness (QED) is 0.865. The first kappa shape index (κ1) is 12.6. The van der Waals surface area contributed by atoms with E-state index in [1.165, 1.54) is 35.1 Å². The van der Waals surface area contributed by atoms with Crippen LogP contribution in [0.5, 0.6) is 0 Å². The van der Waals surface area contributed by atoms with Crippen LogP contribution in [-0.2, 0) is 0 Å². The number of hydrogen-bond acceptors (Lipinski definition) is 2.